The monoisotopic (exact) mass is 558 g/mol. The fraction of sp³-hybridized carbons (Fsp3) is 0.321. The Labute approximate surface area is 227 Å². The van der Waals surface area contributed by atoms with Crippen LogP contribution in [0.15, 0.2) is 60.9 Å². The third kappa shape index (κ3) is 5.62. The highest BCUT2D eigenvalue weighted by Gasteiger charge is 2.62. The Morgan fingerprint density at radius 1 is 1.02 bits per heavy atom. The zero-order valence-electron chi connectivity index (χ0n) is 21.6. The number of aromatic nitrogens is 4. The van der Waals surface area contributed by atoms with Gasteiger partial charge in [0.2, 0.25) is 0 Å². The minimum atomic E-state index is -5.83. The first kappa shape index (κ1) is 27.5. The van der Waals surface area contributed by atoms with E-state index in [1.54, 1.807) is 37.4 Å². The maximum Gasteiger partial charge on any atom is 0.461 e. The van der Waals surface area contributed by atoms with Gasteiger partial charge in [0.05, 0.1) is 0 Å². The van der Waals surface area contributed by atoms with E-state index in [0.29, 0.717) is 17.1 Å². The van der Waals surface area contributed by atoms with Crippen LogP contribution < -0.4 is 10.5 Å². The molecule has 0 saturated carbocycles. The van der Waals surface area contributed by atoms with E-state index in [-0.39, 0.29) is 23.0 Å². The number of hydrogen-bond acceptors (Lipinski definition) is 6. The number of pyridine rings is 2. The number of nitrogens with two attached hydrogens (primary N) is 1. The van der Waals surface area contributed by atoms with E-state index in [1.807, 2.05) is 12.1 Å². The molecule has 2 N–H and O–H groups in total. The summed E-state index contributed by atoms with van der Waals surface area (Å²) in [6.45, 7) is 4.12. The zero-order chi connectivity index (χ0) is 28.5. The van der Waals surface area contributed by atoms with Crippen molar-refractivity contribution >= 4 is 23.1 Å². The Bertz CT molecular complexity index is 1510. The van der Waals surface area contributed by atoms with Crippen LogP contribution in [0.1, 0.15) is 36.7 Å². The van der Waals surface area contributed by atoms with Crippen molar-refractivity contribution in [1.29, 1.82) is 0 Å². The average Bonchev–Trinajstić information content (AvgIpc) is 3.29. The van der Waals surface area contributed by atoms with Gasteiger partial charge in [-0.05, 0) is 73.4 Å². The fourth-order valence-corrected chi connectivity index (χ4v) is 4.75. The molecule has 5 rings (SSSR count). The first-order valence-corrected chi connectivity index (χ1v) is 12.7. The maximum atomic E-state index is 14.6. The molecule has 4 aromatic rings. The van der Waals surface area contributed by atoms with Crippen molar-refractivity contribution in [2.24, 2.45) is 0 Å². The standard InChI is InChI=1S/C28H27F5N6O/c1-2-3-18-14-23-25(36-16-18)39(26(37-23)27(29,30)28(31,32)33)20-4-6-21(7-5-20)40-22-9-12-38(13-10-22)17-19-8-11-35-24(34)15-19/h2-8,11,14-16,22H,9-10,12-13,17H2,1H3,(H2,34,35). The molecule has 12 heteroatoms. The Hall–Kier alpha value is -4.06. The number of anilines is 1. The second-order valence-corrected chi connectivity index (χ2v) is 9.63. The van der Waals surface area contributed by atoms with Crippen LogP contribution >= 0.6 is 0 Å². The van der Waals surface area contributed by atoms with Gasteiger partial charge < -0.3 is 10.5 Å². The SMILES string of the molecule is CC=Cc1cnc2c(c1)nc(C(F)(F)C(F)(F)F)n2-c1ccc(OC2CCN(Cc3ccnc(N)c3)CC2)cc1. The van der Waals surface area contributed by atoms with Gasteiger partial charge in [0, 0.05) is 37.7 Å². The van der Waals surface area contributed by atoms with Crippen molar-refractivity contribution in [3.05, 3.63) is 77.9 Å². The van der Waals surface area contributed by atoms with Gasteiger partial charge >= 0.3 is 12.1 Å². The van der Waals surface area contributed by atoms with Crippen LogP contribution in [0.25, 0.3) is 22.9 Å². The summed E-state index contributed by atoms with van der Waals surface area (Å²) in [5, 5.41) is 0. The van der Waals surface area contributed by atoms with Gasteiger partial charge in [0.25, 0.3) is 0 Å². The molecule has 0 amide bonds. The van der Waals surface area contributed by atoms with Crippen LogP contribution in [-0.4, -0.2) is 49.8 Å². The number of ether oxygens (including phenoxy) is 1. The van der Waals surface area contributed by atoms with Crippen LogP contribution in [0, 0.1) is 0 Å². The molecule has 1 aliphatic rings. The molecule has 0 bridgehead atoms. The molecule has 40 heavy (non-hydrogen) atoms. The fourth-order valence-electron chi connectivity index (χ4n) is 4.75. The van der Waals surface area contributed by atoms with Gasteiger partial charge in [-0.1, -0.05) is 12.2 Å². The van der Waals surface area contributed by atoms with E-state index in [2.05, 4.69) is 19.9 Å². The van der Waals surface area contributed by atoms with E-state index in [1.165, 1.54) is 24.4 Å². The Morgan fingerprint density at radius 3 is 2.40 bits per heavy atom. The smallest absolute Gasteiger partial charge is 0.461 e. The van der Waals surface area contributed by atoms with Crippen molar-refractivity contribution in [2.45, 2.75) is 44.5 Å². The van der Waals surface area contributed by atoms with Crippen molar-refractivity contribution < 1.29 is 26.7 Å². The normalized spacial score (nSPS) is 15.8. The lowest BCUT2D eigenvalue weighted by atomic mass is 10.1. The maximum absolute atomic E-state index is 14.6. The number of imidazole rings is 1. The highest BCUT2D eigenvalue weighted by molar-refractivity contribution is 5.77. The number of allylic oxidation sites excluding steroid dienone is 1. The summed E-state index contributed by atoms with van der Waals surface area (Å²) in [5.74, 6) is -5.68. The molecular formula is C28H27F5N6O. The summed E-state index contributed by atoms with van der Waals surface area (Å²) < 4.78 is 76.1. The molecule has 4 heterocycles. The number of nitrogen functional groups attached to an aromatic ring is 1. The van der Waals surface area contributed by atoms with Crippen molar-refractivity contribution in [1.82, 2.24) is 24.4 Å². The zero-order valence-corrected chi connectivity index (χ0v) is 21.6. The number of likely N-dealkylation sites (tertiary alicyclic amines) is 1. The highest BCUT2D eigenvalue weighted by Crippen LogP contribution is 2.45. The van der Waals surface area contributed by atoms with E-state index < -0.39 is 17.9 Å². The highest BCUT2D eigenvalue weighted by atomic mass is 19.4. The minimum Gasteiger partial charge on any atom is -0.490 e. The van der Waals surface area contributed by atoms with E-state index in [4.69, 9.17) is 10.5 Å². The second kappa shape index (κ2) is 10.8. The quantitative estimate of drug-likeness (QED) is 0.275. The second-order valence-electron chi connectivity index (χ2n) is 9.63. The molecule has 1 aromatic carbocycles. The number of hydrogen-bond donors (Lipinski definition) is 1. The number of alkyl halides is 5. The number of fused-ring (bicyclic) bond motifs is 1. The predicted octanol–water partition coefficient (Wildman–Crippen LogP) is 6.13. The van der Waals surface area contributed by atoms with Gasteiger partial charge in [-0.2, -0.15) is 22.0 Å². The summed E-state index contributed by atoms with van der Waals surface area (Å²) in [5.41, 5.74) is 7.25. The summed E-state index contributed by atoms with van der Waals surface area (Å²) in [6, 6.07) is 11.2. The van der Waals surface area contributed by atoms with E-state index in [0.717, 1.165) is 42.6 Å². The number of nitrogens with zero attached hydrogens (tertiary/aromatic N) is 5. The third-order valence-corrected chi connectivity index (χ3v) is 6.70. The lowest BCUT2D eigenvalue weighted by Gasteiger charge is -2.32. The van der Waals surface area contributed by atoms with E-state index >= 15 is 0 Å². The van der Waals surface area contributed by atoms with Crippen LogP contribution in [0.3, 0.4) is 0 Å². The first-order chi connectivity index (χ1) is 19.0. The van der Waals surface area contributed by atoms with Crippen LogP contribution in [0.5, 0.6) is 5.75 Å². The summed E-state index contributed by atoms with van der Waals surface area (Å²) >= 11 is 0. The third-order valence-electron chi connectivity index (χ3n) is 6.70. The lowest BCUT2D eigenvalue weighted by Crippen LogP contribution is -2.37. The lowest BCUT2D eigenvalue weighted by molar-refractivity contribution is -0.292. The largest absolute Gasteiger partial charge is 0.490 e. The van der Waals surface area contributed by atoms with Gasteiger partial charge in [0.1, 0.15) is 23.2 Å². The van der Waals surface area contributed by atoms with Crippen LogP contribution in [0.2, 0.25) is 0 Å². The van der Waals surface area contributed by atoms with Gasteiger partial charge in [-0.15, -0.1) is 0 Å². The van der Waals surface area contributed by atoms with Crippen molar-refractivity contribution in [3.63, 3.8) is 0 Å². The Kier molecular flexibility index (Phi) is 7.45. The number of piperidine rings is 1. The molecule has 0 spiro atoms. The van der Waals surface area contributed by atoms with Crippen molar-refractivity contribution in [2.75, 3.05) is 18.8 Å². The number of rotatable bonds is 7. The van der Waals surface area contributed by atoms with E-state index in [9.17, 15) is 22.0 Å². The topological polar surface area (TPSA) is 82.1 Å². The minimum absolute atomic E-state index is 0.0597. The average molecular weight is 559 g/mol. The predicted molar refractivity (Wildman–Crippen MR) is 141 cm³/mol. The van der Waals surface area contributed by atoms with Crippen LogP contribution in [-0.2, 0) is 12.5 Å². The molecule has 1 fully saturated rings. The van der Waals surface area contributed by atoms with Gasteiger partial charge in [-0.3, -0.25) is 9.47 Å². The number of halogens is 5. The molecule has 1 saturated heterocycles. The summed E-state index contributed by atoms with van der Waals surface area (Å²) in [7, 11) is 0. The molecule has 3 aromatic heterocycles. The number of benzene rings is 1. The molecule has 1 aliphatic heterocycles. The molecule has 0 aliphatic carbocycles. The summed E-state index contributed by atoms with van der Waals surface area (Å²) in [4.78, 5) is 14.1. The van der Waals surface area contributed by atoms with Crippen molar-refractivity contribution in [3.8, 4) is 11.4 Å². The van der Waals surface area contributed by atoms with Gasteiger partial charge in [-0.25, -0.2) is 15.0 Å². The molecule has 0 atom stereocenters. The molecule has 210 valence electrons. The Balaban J connectivity index is 1.34. The van der Waals surface area contributed by atoms with Crippen LogP contribution in [0.4, 0.5) is 27.8 Å². The van der Waals surface area contributed by atoms with Gasteiger partial charge in [0.15, 0.2) is 11.5 Å². The Morgan fingerprint density at radius 2 is 1.75 bits per heavy atom. The molecule has 7 nitrogen and oxygen atoms in total. The molecule has 0 radical (unpaired) electrons. The molecular weight excluding hydrogens is 531 g/mol. The summed E-state index contributed by atoms with van der Waals surface area (Å²) in [6.07, 6.45) is 2.08. The molecule has 0 unspecified atom stereocenters. The first-order valence-electron chi connectivity index (χ1n) is 12.7.